The van der Waals surface area contributed by atoms with Crippen LogP contribution in [0, 0.1) is 0 Å². The zero-order valence-corrected chi connectivity index (χ0v) is 9.11. The van der Waals surface area contributed by atoms with E-state index in [4.69, 9.17) is 4.74 Å². The van der Waals surface area contributed by atoms with E-state index in [1.165, 1.54) is 6.08 Å². The van der Waals surface area contributed by atoms with Crippen molar-refractivity contribution in [3.05, 3.63) is 12.7 Å². The highest BCUT2D eigenvalue weighted by molar-refractivity contribution is 5.81. The summed E-state index contributed by atoms with van der Waals surface area (Å²) in [6, 6.07) is -0.359. The van der Waals surface area contributed by atoms with Crippen molar-refractivity contribution in [1.29, 1.82) is 0 Å². The third-order valence-electron chi connectivity index (χ3n) is 1.50. The van der Waals surface area contributed by atoms with Gasteiger partial charge in [0, 0.05) is 0 Å². The number of rotatable bonds is 3. The SMILES string of the molecule is C=C[C@H](C)N(C=O)C(=O)OC(C)(C)C. The van der Waals surface area contributed by atoms with Crippen molar-refractivity contribution in [2.24, 2.45) is 0 Å². The summed E-state index contributed by atoms with van der Waals surface area (Å²) in [6.07, 6.45) is 1.29. The van der Waals surface area contributed by atoms with Gasteiger partial charge in [0.05, 0.1) is 6.04 Å². The molecule has 4 heteroatoms. The van der Waals surface area contributed by atoms with E-state index in [9.17, 15) is 9.59 Å². The first-order chi connectivity index (χ1) is 6.31. The van der Waals surface area contributed by atoms with Crippen molar-refractivity contribution >= 4 is 12.5 Å². The fourth-order valence-corrected chi connectivity index (χ4v) is 0.733. The summed E-state index contributed by atoms with van der Waals surface area (Å²) in [5.74, 6) is 0. The molecule has 0 aromatic carbocycles. The molecule has 0 saturated heterocycles. The second kappa shape index (κ2) is 4.79. The van der Waals surface area contributed by atoms with Gasteiger partial charge in [-0.15, -0.1) is 6.58 Å². The smallest absolute Gasteiger partial charge is 0.417 e. The van der Waals surface area contributed by atoms with Crippen molar-refractivity contribution in [3.63, 3.8) is 0 Å². The van der Waals surface area contributed by atoms with Gasteiger partial charge in [0.25, 0.3) is 0 Å². The Bertz CT molecular complexity index is 230. The van der Waals surface area contributed by atoms with Gasteiger partial charge in [-0.25, -0.2) is 9.69 Å². The van der Waals surface area contributed by atoms with Crippen LogP contribution in [0.4, 0.5) is 4.79 Å². The molecule has 0 N–H and O–H groups in total. The van der Waals surface area contributed by atoms with Crippen LogP contribution in [-0.4, -0.2) is 29.0 Å². The third-order valence-corrected chi connectivity index (χ3v) is 1.50. The maximum atomic E-state index is 11.4. The monoisotopic (exact) mass is 199 g/mol. The summed E-state index contributed by atoms with van der Waals surface area (Å²) in [5.41, 5.74) is -0.598. The van der Waals surface area contributed by atoms with Crippen LogP contribution in [0.5, 0.6) is 0 Å². The van der Waals surface area contributed by atoms with Crippen LogP contribution in [0.1, 0.15) is 27.7 Å². The molecule has 0 heterocycles. The molecule has 1 atom stereocenters. The minimum Gasteiger partial charge on any atom is -0.443 e. The zero-order valence-electron chi connectivity index (χ0n) is 9.11. The van der Waals surface area contributed by atoms with Gasteiger partial charge in [0.2, 0.25) is 6.41 Å². The molecule has 0 aromatic rings. The molecule has 0 fully saturated rings. The van der Waals surface area contributed by atoms with Crippen molar-refractivity contribution in [1.82, 2.24) is 4.90 Å². The number of hydrogen-bond acceptors (Lipinski definition) is 3. The Morgan fingerprint density at radius 1 is 1.50 bits per heavy atom. The van der Waals surface area contributed by atoms with E-state index in [1.807, 2.05) is 0 Å². The minimum atomic E-state index is -0.653. The average molecular weight is 199 g/mol. The highest BCUT2D eigenvalue weighted by atomic mass is 16.6. The lowest BCUT2D eigenvalue weighted by Gasteiger charge is -2.25. The van der Waals surface area contributed by atoms with E-state index in [-0.39, 0.29) is 6.04 Å². The first-order valence-corrected chi connectivity index (χ1v) is 4.41. The lowest BCUT2D eigenvalue weighted by molar-refractivity contribution is -0.118. The van der Waals surface area contributed by atoms with E-state index >= 15 is 0 Å². The van der Waals surface area contributed by atoms with Gasteiger partial charge in [-0.2, -0.15) is 0 Å². The molecule has 0 aliphatic carbocycles. The van der Waals surface area contributed by atoms with Gasteiger partial charge >= 0.3 is 6.09 Å². The van der Waals surface area contributed by atoms with E-state index in [0.717, 1.165) is 4.90 Å². The molecule has 0 radical (unpaired) electrons. The number of carbonyl (C=O) groups excluding carboxylic acids is 2. The van der Waals surface area contributed by atoms with Crippen LogP contribution in [0.3, 0.4) is 0 Å². The Kier molecular flexibility index (Phi) is 4.34. The van der Waals surface area contributed by atoms with E-state index in [2.05, 4.69) is 6.58 Å². The molecule has 0 aliphatic heterocycles. The molecule has 2 amide bonds. The fraction of sp³-hybridized carbons (Fsp3) is 0.600. The van der Waals surface area contributed by atoms with Crippen LogP contribution in [0.25, 0.3) is 0 Å². The molecule has 14 heavy (non-hydrogen) atoms. The van der Waals surface area contributed by atoms with Crippen molar-refractivity contribution in [3.8, 4) is 0 Å². The normalized spacial score (nSPS) is 12.9. The third kappa shape index (κ3) is 4.07. The maximum absolute atomic E-state index is 11.4. The van der Waals surface area contributed by atoms with Crippen LogP contribution in [-0.2, 0) is 9.53 Å². The Hall–Kier alpha value is -1.32. The molecule has 0 saturated carbocycles. The second-order valence-electron chi connectivity index (χ2n) is 3.97. The van der Waals surface area contributed by atoms with Crippen molar-refractivity contribution < 1.29 is 14.3 Å². The van der Waals surface area contributed by atoms with Crippen LogP contribution in [0.2, 0.25) is 0 Å². The number of carbonyl (C=O) groups is 2. The van der Waals surface area contributed by atoms with E-state index < -0.39 is 11.7 Å². The second-order valence-corrected chi connectivity index (χ2v) is 3.97. The Balaban J connectivity index is 4.48. The average Bonchev–Trinajstić information content (AvgIpc) is 2.01. The minimum absolute atomic E-state index is 0.359. The molecular formula is C10H17NO3. The van der Waals surface area contributed by atoms with Crippen LogP contribution < -0.4 is 0 Å². The molecule has 0 unspecified atom stereocenters. The Morgan fingerprint density at radius 3 is 2.29 bits per heavy atom. The lowest BCUT2D eigenvalue weighted by atomic mass is 10.2. The standard InChI is InChI=1S/C10H17NO3/c1-6-8(2)11(7-12)9(13)14-10(3,4)5/h6-8H,1H2,2-5H3/t8-/m0/s1. The molecule has 0 aromatic heterocycles. The van der Waals surface area contributed by atoms with Gasteiger partial charge in [-0.05, 0) is 27.7 Å². The number of nitrogens with zero attached hydrogens (tertiary/aromatic N) is 1. The largest absolute Gasteiger partial charge is 0.443 e. The first kappa shape index (κ1) is 12.7. The number of ether oxygens (including phenoxy) is 1. The topological polar surface area (TPSA) is 46.6 Å². The molecule has 0 aliphatic rings. The number of amides is 2. The lowest BCUT2D eigenvalue weighted by Crippen LogP contribution is -2.40. The van der Waals surface area contributed by atoms with Gasteiger partial charge in [-0.1, -0.05) is 6.08 Å². The molecule has 80 valence electrons. The highest BCUT2D eigenvalue weighted by Gasteiger charge is 2.24. The molecule has 0 spiro atoms. The predicted molar refractivity (Wildman–Crippen MR) is 53.8 cm³/mol. The van der Waals surface area contributed by atoms with Crippen molar-refractivity contribution in [2.75, 3.05) is 0 Å². The highest BCUT2D eigenvalue weighted by Crippen LogP contribution is 2.10. The number of imide groups is 1. The first-order valence-electron chi connectivity index (χ1n) is 4.41. The molecule has 4 nitrogen and oxygen atoms in total. The maximum Gasteiger partial charge on any atom is 0.417 e. The fourth-order valence-electron chi connectivity index (χ4n) is 0.733. The Morgan fingerprint density at radius 2 is 2.00 bits per heavy atom. The summed E-state index contributed by atoms with van der Waals surface area (Å²) < 4.78 is 5.02. The summed E-state index contributed by atoms with van der Waals surface area (Å²) in [5, 5.41) is 0. The predicted octanol–water partition coefficient (Wildman–Crippen LogP) is 1.95. The van der Waals surface area contributed by atoms with Crippen LogP contribution in [0.15, 0.2) is 12.7 Å². The van der Waals surface area contributed by atoms with Gasteiger partial charge in [0.1, 0.15) is 5.60 Å². The summed E-state index contributed by atoms with van der Waals surface area (Å²) in [4.78, 5) is 23.0. The van der Waals surface area contributed by atoms with Gasteiger partial charge < -0.3 is 4.74 Å². The summed E-state index contributed by atoms with van der Waals surface area (Å²) >= 11 is 0. The summed E-state index contributed by atoms with van der Waals surface area (Å²) in [6.45, 7) is 10.4. The molecular weight excluding hydrogens is 182 g/mol. The van der Waals surface area contributed by atoms with Crippen molar-refractivity contribution in [2.45, 2.75) is 39.3 Å². The van der Waals surface area contributed by atoms with Crippen LogP contribution >= 0.6 is 0 Å². The Labute approximate surface area is 84.5 Å². The van der Waals surface area contributed by atoms with Gasteiger partial charge in [-0.3, -0.25) is 4.79 Å². The quantitative estimate of drug-likeness (QED) is 0.515. The van der Waals surface area contributed by atoms with Gasteiger partial charge in [0.15, 0.2) is 0 Å². The molecule has 0 rings (SSSR count). The molecule has 0 bridgehead atoms. The van der Waals surface area contributed by atoms with E-state index in [1.54, 1.807) is 27.7 Å². The number of hydrogen-bond donors (Lipinski definition) is 0. The summed E-state index contributed by atoms with van der Waals surface area (Å²) in [7, 11) is 0. The zero-order chi connectivity index (χ0) is 11.4. The van der Waals surface area contributed by atoms with E-state index in [0.29, 0.717) is 6.41 Å².